The summed E-state index contributed by atoms with van der Waals surface area (Å²) >= 11 is 6.08. The van der Waals surface area contributed by atoms with Gasteiger partial charge in [-0.1, -0.05) is 25.4 Å². The fourth-order valence-corrected chi connectivity index (χ4v) is 3.01. The first-order valence-corrected chi connectivity index (χ1v) is 6.83. The molecule has 1 amide bonds. The van der Waals surface area contributed by atoms with E-state index in [0.29, 0.717) is 22.2 Å². The Morgan fingerprint density at radius 2 is 1.90 bits per heavy atom. The predicted octanol–water partition coefficient (Wildman–Crippen LogP) is 2.36. The summed E-state index contributed by atoms with van der Waals surface area (Å²) < 4.78 is 10.4. The van der Waals surface area contributed by atoms with E-state index in [0.717, 1.165) is 0 Å². The van der Waals surface area contributed by atoms with Gasteiger partial charge in [0.15, 0.2) is 11.5 Å². The van der Waals surface area contributed by atoms with Crippen molar-refractivity contribution in [1.29, 1.82) is 0 Å². The van der Waals surface area contributed by atoms with Crippen molar-refractivity contribution in [2.45, 2.75) is 13.8 Å². The van der Waals surface area contributed by atoms with Crippen LogP contribution in [0.3, 0.4) is 0 Å². The molecule has 1 aliphatic heterocycles. The number of carboxylic acids is 1. The van der Waals surface area contributed by atoms with Crippen LogP contribution in [0.4, 0.5) is 5.69 Å². The van der Waals surface area contributed by atoms with Crippen molar-refractivity contribution in [2.75, 3.05) is 12.1 Å². The Bertz CT molecular complexity index is 642. The molecule has 2 atom stereocenters. The lowest BCUT2D eigenvalue weighted by atomic mass is 10.1. The number of rotatable bonds is 3. The monoisotopic (exact) mass is 311 g/mol. The number of carbonyl (C=O) groups is 2. The van der Waals surface area contributed by atoms with Crippen LogP contribution in [-0.2, 0) is 9.59 Å². The van der Waals surface area contributed by atoms with Crippen molar-refractivity contribution in [3.05, 3.63) is 17.2 Å². The van der Waals surface area contributed by atoms with E-state index in [2.05, 4.69) is 5.32 Å². The smallest absolute Gasteiger partial charge is 0.307 e. The topological polar surface area (TPSA) is 84.9 Å². The van der Waals surface area contributed by atoms with Gasteiger partial charge in [-0.3, -0.25) is 9.59 Å². The van der Waals surface area contributed by atoms with E-state index in [1.165, 1.54) is 0 Å². The van der Waals surface area contributed by atoms with Gasteiger partial charge < -0.3 is 19.9 Å². The number of hydrogen-bond donors (Lipinski definition) is 2. The Morgan fingerprint density at radius 1 is 1.29 bits per heavy atom. The molecule has 2 aliphatic rings. The van der Waals surface area contributed by atoms with Gasteiger partial charge in [0.05, 0.1) is 22.5 Å². The molecule has 0 bridgehead atoms. The Balaban J connectivity index is 1.79. The molecule has 1 aromatic carbocycles. The largest absolute Gasteiger partial charge is 0.481 e. The molecular weight excluding hydrogens is 298 g/mol. The van der Waals surface area contributed by atoms with Crippen molar-refractivity contribution >= 4 is 29.2 Å². The zero-order valence-corrected chi connectivity index (χ0v) is 12.2. The van der Waals surface area contributed by atoms with Gasteiger partial charge in [0, 0.05) is 12.1 Å². The summed E-state index contributed by atoms with van der Waals surface area (Å²) in [7, 11) is 0. The standard InChI is InChI=1S/C14H14ClNO5/c1-14(2)10(11(14)13(18)19)12(17)16-7-4-9-8(3-6(7)15)20-5-21-9/h3-4,10-11H,5H2,1-2H3,(H,16,17)(H,18,19). The van der Waals surface area contributed by atoms with Crippen LogP contribution in [0.2, 0.25) is 5.02 Å². The number of amides is 1. The zero-order valence-electron chi connectivity index (χ0n) is 11.5. The van der Waals surface area contributed by atoms with Crippen LogP contribution in [0.15, 0.2) is 12.1 Å². The zero-order chi connectivity index (χ0) is 15.4. The summed E-state index contributed by atoms with van der Waals surface area (Å²) in [5.74, 6) is -1.54. The average molecular weight is 312 g/mol. The number of halogens is 1. The molecular formula is C14H14ClNO5. The molecule has 7 heteroatoms. The first-order chi connectivity index (χ1) is 9.82. The highest BCUT2D eigenvalue weighted by molar-refractivity contribution is 6.34. The first kappa shape index (κ1) is 14.0. The summed E-state index contributed by atoms with van der Waals surface area (Å²) in [5, 5.41) is 12.1. The van der Waals surface area contributed by atoms with Gasteiger partial charge in [0.25, 0.3) is 0 Å². The van der Waals surface area contributed by atoms with E-state index in [-0.39, 0.29) is 12.7 Å². The molecule has 1 aromatic rings. The Labute approximate surface area is 126 Å². The van der Waals surface area contributed by atoms with Gasteiger partial charge in [-0.25, -0.2) is 0 Å². The summed E-state index contributed by atoms with van der Waals surface area (Å²) in [5.41, 5.74) is -0.170. The number of carboxylic acid groups (broad SMARTS) is 1. The van der Waals surface area contributed by atoms with Crippen LogP contribution in [0.5, 0.6) is 11.5 Å². The van der Waals surface area contributed by atoms with Gasteiger partial charge in [-0.05, 0) is 5.41 Å². The highest BCUT2D eigenvalue weighted by Gasteiger charge is 2.65. The van der Waals surface area contributed by atoms with E-state index in [4.69, 9.17) is 26.2 Å². The van der Waals surface area contributed by atoms with E-state index < -0.39 is 23.2 Å². The van der Waals surface area contributed by atoms with E-state index in [1.807, 2.05) is 0 Å². The molecule has 21 heavy (non-hydrogen) atoms. The van der Waals surface area contributed by atoms with Crippen LogP contribution in [-0.4, -0.2) is 23.8 Å². The number of hydrogen-bond acceptors (Lipinski definition) is 4. The Hall–Kier alpha value is -1.95. The molecule has 1 saturated carbocycles. The van der Waals surface area contributed by atoms with Gasteiger partial charge in [-0.15, -0.1) is 0 Å². The minimum absolute atomic E-state index is 0.111. The van der Waals surface area contributed by atoms with Gasteiger partial charge in [0.1, 0.15) is 0 Å². The Morgan fingerprint density at radius 3 is 2.48 bits per heavy atom. The number of benzene rings is 1. The van der Waals surface area contributed by atoms with E-state index in [9.17, 15) is 9.59 Å². The second-order valence-electron chi connectivity index (χ2n) is 5.79. The third-order valence-corrected chi connectivity index (χ3v) is 4.41. The van der Waals surface area contributed by atoms with Gasteiger partial charge in [0.2, 0.25) is 12.7 Å². The third kappa shape index (κ3) is 2.19. The van der Waals surface area contributed by atoms with Crippen molar-refractivity contribution in [2.24, 2.45) is 17.3 Å². The number of anilines is 1. The quantitative estimate of drug-likeness (QED) is 0.895. The maximum absolute atomic E-state index is 12.3. The summed E-state index contributed by atoms with van der Waals surface area (Å²) in [4.78, 5) is 23.4. The summed E-state index contributed by atoms with van der Waals surface area (Å²) in [6.07, 6.45) is 0. The molecule has 1 fully saturated rings. The number of nitrogens with one attached hydrogen (secondary N) is 1. The van der Waals surface area contributed by atoms with Crippen molar-refractivity contribution < 1.29 is 24.2 Å². The second-order valence-corrected chi connectivity index (χ2v) is 6.20. The molecule has 0 saturated heterocycles. The highest BCUT2D eigenvalue weighted by Crippen LogP contribution is 2.58. The number of carbonyl (C=O) groups excluding carboxylic acids is 1. The van der Waals surface area contributed by atoms with Crippen molar-refractivity contribution in [1.82, 2.24) is 0 Å². The molecule has 3 rings (SSSR count). The maximum atomic E-state index is 12.3. The second kappa shape index (κ2) is 4.53. The van der Waals surface area contributed by atoms with Gasteiger partial charge in [-0.2, -0.15) is 0 Å². The maximum Gasteiger partial charge on any atom is 0.307 e. The molecule has 0 aromatic heterocycles. The highest BCUT2D eigenvalue weighted by atomic mass is 35.5. The Kier molecular flexibility index (Phi) is 3.02. The summed E-state index contributed by atoms with van der Waals surface area (Å²) in [6, 6.07) is 3.14. The first-order valence-electron chi connectivity index (χ1n) is 6.45. The fourth-order valence-electron chi connectivity index (χ4n) is 2.81. The molecule has 112 valence electrons. The number of ether oxygens (including phenoxy) is 2. The third-order valence-electron chi connectivity index (χ3n) is 4.10. The van der Waals surface area contributed by atoms with E-state index in [1.54, 1.807) is 26.0 Å². The molecule has 6 nitrogen and oxygen atoms in total. The molecule has 2 N–H and O–H groups in total. The number of aliphatic carboxylic acids is 1. The molecule has 1 heterocycles. The van der Waals surface area contributed by atoms with Crippen LogP contribution >= 0.6 is 11.6 Å². The van der Waals surface area contributed by atoms with E-state index >= 15 is 0 Å². The van der Waals surface area contributed by atoms with Crippen molar-refractivity contribution in [3.63, 3.8) is 0 Å². The fraction of sp³-hybridized carbons (Fsp3) is 0.429. The van der Waals surface area contributed by atoms with Gasteiger partial charge >= 0.3 is 5.97 Å². The predicted molar refractivity (Wildman–Crippen MR) is 74.6 cm³/mol. The minimum atomic E-state index is -0.961. The van der Waals surface area contributed by atoms with Crippen LogP contribution in [0.1, 0.15) is 13.8 Å². The lowest BCUT2D eigenvalue weighted by Gasteiger charge is -2.09. The minimum Gasteiger partial charge on any atom is -0.481 e. The molecule has 1 aliphatic carbocycles. The molecule has 2 unspecified atom stereocenters. The van der Waals surface area contributed by atoms with Crippen LogP contribution < -0.4 is 14.8 Å². The normalized spacial score (nSPS) is 24.5. The average Bonchev–Trinajstić information content (AvgIpc) is 2.74. The summed E-state index contributed by atoms with van der Waals surface area (Å²) in [6.45, 7) is 3.63. The van der Waals surface area contributed by atoms with Crippen LogP contribution in [0.25, 0.3) is 0 Å². The SMILES string of the molecule is CC1(C)C(C(=O)O)C1C(=O)Nc1cc2c(cc1Cl)OCO2. The lowest BCUT2D eigenvalue weighted by molar-refractivity contribution is -0.140. The number of fused-ring (bicyclic) bond motifs is 1. The van der Waals surface area contributed by atoms with Crippen molar-refractivity contribution in [3.8, 4) is 11.5 Å². The lowest BCUT2D eigenvalue weighted by Crippen LogP contribution is -2.18. The molecule has 0 radical (unpaired) electrons. The van der Waals surface area contributed by atoms with Crippen LogP contribution in [0, 0.1) is 17.3 Å². The molecule has 0 spiro atoms.